The van der Waals surface area contributed by atoms with E-state index in [1.807, 2.05) is 0 Å². The standard InChI is InChI=1S/C12H24N4O4S/c13-6-10-3-4-11(20-10)12(17)16-5-1-2-9(8-16)7-15-21(14,18)19/h9-11,15H,1-8,13H2,(H2,14,18,19). The van der Waals surface area contributed by atoms with Crippen LogP contribution in [0.2, 0.25) is 0 Å². The van der Waals surface area contributed by atoms with E-state index in [-0.39, 0.29) is 24.5 Å². The van der Waals surface area contributed by atoms with Gasteiger partial charge in [0.15, 0.2) is 0 Å². The summed E-state index contributed by atoms with van der Waals surface area (Å²) in [6.45, 7) is 1.93. The van der Waals surface area contributed by atoms with Crippen molar-refractivity contribution in [1.82, 2.24) is 9.62 Å². The zero-order valence-corrected chi connectivity index (χ0v) is 12.8. The van der Waals surface area contributed by atoms with E-state index in [0.717, 1.165) is 19.3 Å². The van der Waals surface area contributed by atoms with Gasteiger partial charge >= 0.3 is 0 Å². The van der Waals surface area contributed by atoms with Crippen LogP contribution in [-0.2, 0) is 19.7 Å². The Balaban J connectivity index is 1.84. The summed E-state index contributed by atoms with van der Waals surface area (Å²) in [5.74, 6) is 0.0824. The first-order valence-corrected chi connectivity index (χ1v) is 8.85. The number of hydrogen-bond donors (Lipinski definition) is 3. The van der Waals surface area contributed by atoms with Crippen molar-refractivity contribution >= 4 is 16.1 Å². The molecule has 5 N–H and O–H groups in total. The number of carbonyl (C=O) groups is 1. The van der Waals surface area contributed by atoms with Gasteiger partial charge in [-0.25, -0.2) is 9.86 Å². The van der Waals surface area contributed by atoms with Gasteiger partial charge in [0.2, 0.25) is 0 Å². The van der Waals surface area contributed by atoms with E-state index in [1.54, 1.807) is 4.90 Å². The van der Waals surface area contributed by atoms with E-state index >= 15 is 0 Å². The van der Waals surface area contributed by atoms with Gasteiger partial charge in [-0.2, -0.15) is 8.42 Å². The highest BCUT2D eigenvalue weighted by molar-refractivity contribution is 7.87. The van der Waals surface area contributed by atoms with Crippen molar-refractivity contribution in [2.24, 2.45) is 16.8 Å². The molecule has 2 fully saturated rings. The van der Waals surface area contributed by atoms with Gasteiger partial charge < -0.3 is 15.4 Å². The third kappa shape index (κ3) is 4.89. The second-order valence-corrected chi connectivity index (χ2v) is 7.12. The quantitative estimate of drug-likeness (QED) is 0.569. The van der Waals surface area contributed by atoms with Gasteiger partial charge in [0.25, 0.3) is 16.1 Å². The maximum atomic E-state index is 12.4. The Bertz CT molecular complexity index is 470. The molecule has 0 spiro atoms. The molecule has 2 aliphatic heterocycles. The van der Waals surface area contributed by atoms with E-state index in [2.05, 4.69) is 4.72 Å². The fourth-order valence-electron chi connectivity index (χ4n) is 2.93. The SMILES string of the molecule is NCC1CCC(C(=O)N2CCCC(CNS(N)(=O)=O)C2)O1. The number of nitrogens with zero attached hydrogens (tertiary/aromatic N) is 1. The number of likely N-dealkylation sites (tertiary alicyclic amines) is 1. The van der Waals surface area contributed by atoms with Crippen LogP contribution in [0.4, 0.5) is 0 Å². The molecule has 2 aliphatic rings. The van der Waals surface area contributed by atoms with Crippen molar-refractivity contribution in [3.63, 3.8) is 0 Å². The van der Waals surface area contributed by atoms with Gasteiger partial charge in [-0.3, -0.25) is 4.79 Å². The summed E-state index contributed by atoms with van der Waals surface area (Å²) in [5, 5.41) is 4.93. The summed E-state index contributed by atoms with van der Waals surface area (Å²) in [7, 11) is -3.68. The Labute approximate surface area is 125 Å². The van der Waals surface area contributed by atoms with Gasteiger partial charge in [-0.1, -0.05) is 0 Å². The lowest BCUT2D eigenvalue weighted by Gasteiger charge is -2.34. The molecule has 2 rings (SSSR count). The third-order valence-corrected chi connectivity index (χ3v) is 4.62. The molecule has 21 heavy (non-hydrogen) atoms. The van der Waals surface area contributed by atoms with Crippen LogP contribution in [-0.4, -0.2) is 57.6 Å². The summed E-state index contributed by atoms with van der Waals surface area (Å²) in [6, 6.07) is 0. The minimum atomic E-state index is -3.68. The van der Waals surface area contributed by atoms with Crippen LogP contribution in [0.25, 0.3) is 0 Å². The summed E-state index contributed by atoms with van der Waals surface area (Å²) in [4.78, 5) is 14.2. The lowest BCUT2D eigenvalue weighted by Crippen LogP contribution is -2.47. The summed E-state index contributed by atoms with van der Waals surface area (Å²) >= 11 is 0. The average Bonchev–Trinajstić information content (AvgIpc) is 2.93. The van der Waals surface area contributed by atoms with E-state index in [0.29, 0.717) is 26.1 Å². The van der Waals surface area contributed by atoms with Crippen molar-refractivity contribution in [1.29, 1.82) is 0 Å². The highest BCUT2D eigenvalue weighted by atomic mass is 32.2. The molecular formula is C12H24N4O4S. The molecule has 3 unspecified atom stereocenters. The highest BCUT2D eigenvalue weighted by Gasteiger charge is 2.34. The van der Waals surface area contributed by atoms with E-state index in [1.165, 1.54) is 0 Å². The van der Waals surface area contributed by atoms with Crippen molar-refractivity contribution in [3.05, 3.63) is 0 Å². The molecule has 0 radical (unpaired) electrons. The molecule has 0 bridgehead atoms. The predicted molar refractivity (Wildman–Crippen MR) is 77.4 cm³/mol. The maximum Gasteiger partial charge on any atom is 0.274 e. The summed E-state index contributed by atoms with van der Waals surface area (Å²) in [5.41, 5.74) is 5.55. The second kappa shape index (κ2) is 7.01. The molecule has 3 atom stereocenters. The lowest BCUT2D eigenvalue weighted by molar-refractivity contribution is -0.144. The van der Waals surface area contributed by atoms with Crippen LogP contribution in [0.1, 0.15) is 25.7 Å². The van der Waals surface area contributed by atoms with Gasteiger partial charge in [0, 0.05) is 26.2 Å². The molecule has 122 valence electrons. The Kier molecular flexibility index (Phi) is 5.55. The van der Waals surface area contributed by atoms with Crippen LogP contribution < -0.4 is 15.6 Å². The molecule has 9 heteroatoms. The normalized spacial score (nSPS) is 30.6. The fraction of sp³-hybridized carbons (Fsp3) is 0.917. The molecule has 0 aromatic rings. The fourth-order valence-corrected chi connectivity index (χ4v) is 3.40. The monoisotopic (exact) mass is 320 g/mol. The molecule has 2 heterocycles. The highest BCUT2D eigenvalue weighted by Crippen LogP contribution is 2.23. The van der Waals surface area contributed by atoms with E-state index < -0.39 is 16.3 Å². The van der Waals surface area contributed by atoms with Crippen molar-refractivity contribution < 1.29 is 17.9 Å². The lowest BCUT2D eigenvalue weighted by atomic mass is 9.97. The van der Waals surface area contributed by atoms with Crippen LogP contribution in [0.3, 0.4) is 0 Å². The zero-order valence-electron chi connectivity index (χ0n) is 12.0. The van der Waals surface area contributed by atoms with Gasteiger partial charge in [0.05, 0.1) is 6.10 Å². The van der Waals surface area contributed by atoms with E-state index in [4.69, 9.17) is 15.6 Å². The van der Waals surface area contributed by atoms with Crippen LogP contribution >= 0.6 is 0 Å². The molecule has 8 nitrogen and oxygen atoms in total. The first kappa shape index (κ1) is 16.6. The minimum Gasteiger partial charge on any atom is -0.364 e. The van der Waals surface area contributed by atoms with Gasteiger partial charge in [-0.05, 0) is 31.6 Å². The second-order valence-electron chi connectivity index (χ2n) is 5.75. The zero-order chi connectivity index (χ0) is 15.5. The summed E-state index contributed by atoms with van der Waals surface area (Å²) < 4.78 is 29.8. The van der Waals surface area contributed by atoms with Crippen molar-refractivity contribution in [2.45, 2.75) is 37.9 Å². The topological polar surface area (TPSA) is 128 Å². The largest absolute Gasteiger partial charge is 0.364 e. The Morgan fingerprint density at radius 1 is 1.33 bits per heavy atom. The third-order valence-electron chi connectivity index (χ3n) is 4.05. The van der Waals surface area contributed by atoms with Crippen molar-refractivity contribution in [3.8, 4) is 0 Å². The molecular weight excluding hydrogens is 296 g/mol. The number of rotatable bonds is 5. The number of piperidine rings is 1. The Morgan fingerprint density at radius 2 is 2.10 bits per heavy atom. The molecule has 0 aromatic carbocycles. The first-order chi connectivity index (χ1) is 9.89. The average molecular weight is 320 g/mol. The number of nitrogens with one attached hydrogen (secondary N) is 1. The number of hydrogen-bond acceptors (Lipinski definition) is 5. The van der Waals surface area contributed by atoms with Gasteiger partial charge in [-0.15, -0.1) is 0 Å². The molecule has 0 aliphatic carbocycles. The number of nitrogens with two attached hydrogens (primary N) is 2. The number of carbonyl (C=O) groups excluding carboxylic acids is 1. The molecule has 0 saturated carbocycles. The molecule has 0 aromatic heterocycles. The van der Waals surface area contributed by atoms with E-state index in [9.17, 15) is 13.2 Å². The molecule has 2 saturated heterocycles. The van der Waals surface area contributed by atoms with Crippen LogP contribution in [0, 0.1) is 5.92 Å². The Morgan fingerprint density at radius 3 is 2.71 bits per heavy atom. The minimum absolute atomic E-state index is 0.00810. The van der Waals surface area contributed by atoms with Crippen LogP contribution in [0.5, 0.6) is 0 Å². The summed E-state index contributed by atoms with van der Waals surface area (Å²) in [6.07, 6.45) is 2.83. The molecule has 1 amide bonds. The maximum absolute atomic E-state index is 12.4. The smallest absolute Gasteiger partial charge is 0.274 e. The first-order valence-electron chi connectivity index (χ1n) is 7.30. The van der Waals surface area contributed by atoms with Crippen molar-refractivity contribution in [2.75, 3.05) is 26.2 Å². The predicted octanol–water partition coefficient (Wildman–Crippen LogP) is -1.48. The Hall–Kier alpha value is -0.740. The van der Waals surface area contributed by atoms with Gasteiger partial charge in [0.1, 0.15) is 6.10 Å². The number of ether oxygens (including phenoxy) is 1. The number of amides is 1. The van der Waals surface area contributed by atoms with Crippen LogP contribution in [0.15, 0.2) is 0 Å².